The molecule has 0 atom stereocenters. The van der Waals surface area contributed by atoms with Crippen molar-refractivity contribution in [3.8, 4) is 0 Å². The number of aromatic nitrogens is 3. The number of carbonyl (C=O) groups is 1. The van der Waals surface area contributed by atoms with Gasteiger partial charge in [-0.1, -0.05) is 18.2 Å². The van der Waals surface area contributed by atoms with Gasteiger partial charge in [-0.05, 0) is 24.6 Å². The van der Waals surface area contributed by atoms with Gasteiger partial charge in [0.15, 0.2) is 5.82 Å². The van der Waals surface area contributed by atoms with E-state index in [1.165, 1.54) is 0 Å². The van der Waals surface area contributed by atoms with E-state index in [2.05, 4.69) is 9.97 Å². The number of nitrogens with zero attached hydrogens (tertiary/aromatic N) is 3. The van der Waals surface area contributed by atoms with Crippen LogP contribution in [-0.2, 0) is 7.05 Å². The van der Waals surface area contributed by atoms with Gasteiger partial charge in [0.1, 0.15) is 5.69 Å². The maximum atomic E-state index is 12.4. The standard InChI is InChI=1S/C15H13N3O/c1-10-9-13(14(19)15-16-7-8-18(15)2)17-12-6-4-3-5-11(10)12/h3-9H,1-2H3. The second-order valence-electron chi connectivity index (χ2n) is 4.53. The summed E-state index contributed by atoms with van der Waals surface area (Å²) in [5.74, 6) is 0.253. The molecule has 0 fully saturated rings. The molecule has 0 radical (unpaired) electrons. The van der Waals surface area contributed by atoms with Gasteiger partial charge >= 0.3 is 0 Å². The Morgan fingerprint density at radius 1 is 1.26 bits per heavy atom. The number of hydrogen-bond acceptors (Lipinski definition) is 3. The van der Waals surface area contributed by atoms with Crippen molar-refractivity contribution in [2.24, 2.45) is 7.05 Å². The minimum Gasteiger partial charge on any atom is -0.331 e. The van der Waals surface area contributed by atoms with Crippen LogP contribution in [0.5, 0.6) is 0 Å². The fourth-order valence-electron chi connectivity index (χ4n) is 2.16. The summed E-state index contributed by atoms with van der Waals surface area (Å²) in [5, 5.41) is 1.07. The molecule has 19 heavy (non-hydrogen) atoms. The van der Waals surface area contributed by atoms with E-state index in [4.69, 9.17) is 0 Å². The van der Waals surface area contributed by atoms with Crippen molar-refractivity contribution in [2.75, 3.05) is 0 Å². The van der Waals surface area contributed by atoms with E-state index < -0.39 is 0 Å². The number of ketones is 1. The third-order valence-electron chi connectivity index (χ3n) is 3.18. The first-order chi connectivity index (χ1) is 9.16. The first-order valence-corrected chi connectivity index (χ1v) is 6.05. The Hall–Kier alpha value is -2.49. The van der Waals surface area contributed by atoms with Crippen molar-refractivity contribution >= 4 is 16.7 Å². The van der Waals surface area contributed by atoms with Crippen LogP contribution in [0.15, 0.2) is 42.7 Å². The Kier molecular flexibility index (Phi) is 2.63. The first-order valence-electron chi connectivity index (χ1n) is 6.05. The van der Waals surface area contributed by atoms with Crippen LogP contribution in [0.4, 0.5) is 0 Å². The smallest absolute Gasteiger partial charge is 0.246 e. The fraction of sp³-hybridized carbons (Fsp3) is 0.133. The summed E-state index contributed by atoms with van der Waals surface area (Å²) in [4.78, 5) is 20.9. The number of hydrogen-bond donors (Lipinski definition) is 0. The van der Waals surface area contributed by atoms with E-state index >= 15 is 0 Å². The van der Waals surface area contributed by atoms with Gasteiger partial charge in [0, 0.05) is 24.8 Å². The SMILES string of the molecule is Cc1cc(C(=O)c2nccn2C)nc2ccccc12. The van der Waals surface area contributed by atoms with Gasteiger partial charge in [-0.2, -0.15) is 0 Å². The van der Waals surface area contributed by atoms with E-state index in [1.54, 1.807) is 24.0 Å². The molecule has 0 bridgehead atoms. The molecule has 0 spiro atoms. The molecule has 3 rings (SSSR count). The molecule has 0 saturated carbocycles. The van der Waals surface area contributed by atoms with Crippen LogP contribution in [0.1, 0.15) is 21.9 Å². The summed E-state index contributed by atoms with van der Waals surface area (Å²) in [5.41, 5.74) is 2.31. The van der Waals surface area contributed by atoms with Crippen molar-refractivity contribution in [2.45, 2.75) is 6.92 Å². The molecule has 0 aliphatic rings. The number of benzene rings is 1. The molecular weight excluding hydrogens is 238 g/mol. The largest absolute Gasteiger partial charge is 0.331 e. The molecule has 0 unspecified atom stereocenters. The maximum absolute atomic E-state index is 12.4. The topological polar surface area (TPSA) is 47.8 Å². The fourth-order valence-corrected chi connectivity index (χ4v) is 2.16. The second kappa shape index (κ2) is 4.31. The molecule has 4 heteroatoms. The van der Waals surface area contributed by atoms with Crippen LogP contribution in [-0.4, -0.2) is 20.3 Å². The number of aryl methyl sites for hydroxylation is 2. The van der Waals surface area contributed by atoms with Crippen molar-refractivity contribution < 1.29 is 4.79 Å². The van der Waals surface area contributed by atoms with E-state index in [-0.39, 0.29) is 5.78 Å². The number of rotatable bonds is 2. The third-order valence-corrected chi connectivity index (χ3v) is 3.18. The molecule has 3 aromatic rings. The molecule has 2 heterocycles. The predicted octanol–water partition coefficient (Wildman–Crippen LogP) is 2.51. The van der Waals surface area contributed by atoms with Gasteiger partial charge < -0.3 is 4.57 Å². The maximum Gasteiger partial charge on any atom is 0.246 e. The molecule has 2 aromatic heterocycles. The molecule has 0 saturated heterocycles. The van der Waals surface area contributed by atoms with E-state index in [0.29, 0.717) is 11.5 Å². The van der Waals surface area contributed by atoms with E-state index in [0.717, 1.165) is 16.5 Å². The van der Waals surface area contributed by atoms with Gasteiger partial charge in [-0.15, -0.1) is 0 Å². The van der Waals surface area contributed by atoms with Gasteiger partial charge in [0.2, 0.25) is 5.78 Å². The van der Waals surface area contributed by atoms with Crippen LogP contribution in [0.25, 0.3) is 10.9 Å². The van der Waals surface area contributed by atoms with Gasteiger partial charge in [0.05, 0.1) is 5.52 Å². The average Bonchev–Trinajstić information content (AvgIpc) is 2.84. The van der Waals surface area contributed by atoms with E-state index in [9.17, 15) is 4.79 Å². The highest BCUT2D eigenvalue weighted by atomic mass is 16.1. The first kappa shape index (κ1) is 11.6. The summed E-state index contributed by atoms with van der Waals surface area (Å²) in [6.45, 7) is 1.99. The molecule has 0 aliphatic heterocycles. The summed E-state index contributed by atoms with van der Waals surface area (Å²) >= 11 is 0. The Bertz CT molecular complexity index is 774. The van der Waals surface area contributed by atoms with Gasteiger partial charge in [0.25, 0.3) is 0 Å². The predicted molar refractivity (Wildman–Crippen MR) is 73.1 cm³/mol. The highest BCUT2D eigenvalue weighted by Gasteiger charge is 2.16. The van der Waals surface area contributed by atoms with Crippen LogP contribution in [0.2, 0.25) is 0 Å². The summed E-state index contributed by atoms with van der Waals surface area (Å²) in [6.07, 6.45) is 3.36. The Balaban J connectivity index is 2.16. The molecule has 0 N–H and O–H groups in total. The Morgan fingerprint density at radius 3 is 2.79 bits per heavy atom. The number of fused-ring (bicyclic) bond motifs is 1. The summed E-state index contributed by atoms with van der Waals surface area (Å²) in [6, 6.07) is 9.63. The van der Waals surface area contributed by atoms with Gasteiger partial charge in [-0.3, -0.25) is 4.79 Å². The molecule has 0 amide bonds. The van der Waals surface area contributed by atoms with Crippen LogP contribution in [0, 0.1) is 6.92 Å². The minimum atomic E-state index is -0.152. The van der Waals surface area contributed by atoms with E-state index in [1.807, 2.05) is 37.3 Å². The van der Waals surface area contributed by atoms with Crippen molar-refractivity contribution in [3.63, 3.8) is 0 Å². The van der Waals surface area contributed by atoms with Crippen molar-refractivity contribution in [1.82, 2.24) is 14.5 Å². The lowest BCUT2D eigenvalue weighted by atomic mass is 10.1. The van der Waals surface area contributed by atoms with Gasteiger partial charge in [-0.25, -0.2) is 9.97 Å². The Morgan fingerprint density at radius 2 is 2.05 bits per heavy atom. The average molecular weight is 251 g/mol. The van der Waals surface area contributed by atoms with Crippen LogP contribution in [0.3, 0.4) is 0 Å². The molecule has 94 valence electrons. The van der Waals surface area contributed by atoms with Crippen molar-refractivity contribution in [3.05, 3.63) is 59.8 Å². The molecular formula is C15H13N3O. The zero-order chi connectivity index (χ0) is 13.4. The molecule has 1 aromatic carbocycles. The normalized spacial score (nSPS) is 10.8. The second-order valence-corrected chi connectivity index (χ2v) is 4.53. The lowest BCUT2D eigenvalue weighted by Crippen LogP contribution is -2.10. The summed E-state index contributed by atoms with van der Waals surface area (Å²) < 4.78 is 1.70. The number of imidazole rings is 1. The summed E-state index contributed by atoms with van der Waals surface area (Å²) in [7, 11) is 1.80. The minimum absolute atomic E-state index is 0.152. The zero-order valence-electron chi connectivity index (χ0n) is 10.8. The highest BCUT2D eigenvalue weighted by molar-refractivity contribution is 6.06. The lowest BCUT2D eigenvalue weighted by Gasteiger charge is -2.05. The molecule has 4 nitrogen and oxygen atoms in total. The zero-order valence-corrected chi connectivity index (χ0v) is 10.8. The highest BCUT2D eigenvalue weighted by Crippen LogP contribution is 2.18. The third kappa shape index (κ3) is 1.91. The number of pyridine rings is 1. The number of carbonyl (C=O) groups excluding carboxylic acids is 1. The quantitative estimate of drug-likeness (QED) is 0.657. The number of para-hydroxylation sites is 1. The lowest BCUT2D eigenvalue weighted by molar-refractivity contribution is 0.102. The Labute approximate surface area is 110 Å². The molecule has 0 aliphatic carbocycles. The van der Waals surface area contributed by atoms with Crippen LogP contribution >= 0.6 is 0 Å². The van der Waals surface area contributed by atoms with Crippen LogP contribution < -0.4 is 0 Å². The van der Waals surface area contributed by atoms with Crippen molar-refractivity contribution in [1.29, 1.82) is 0 Å². The monoisotopic (exact) mass is 251 g/mol.